The number of rotatable bonds is 1. The first-order valence-corrected chi connectivity index (χ1v) is 4.50. The maximum Gasteiger partial charge on any atom is 0.160 e. The third-order valence-corrected chi connectivity index (χ3v) is 2.20. The van der Waals surface area contributed by atoms with Crippen molar-refractivity contribution >= 4 is 5.78 Å². The van der Waals surface area contributed by atoms with Gasteiger partial charge in [-0.2, -0.15) is 0 Å². The van der Waals surface area contributed by atoms with Crippen LogP contribution in [-0.2, 0) is 4.79 Å². The summed E-state index contributed by atoms with van der Waals surface area (Å²) in [5, 5.41) is 0. The molecule has 0 bridgehead atoms. The number of hydrogen-bond donors (Lipinski definition) is 0. The van der Waals surface area contributed by atoms with Gasteiger partial charge in [0.2, 0.25) is 0 Å². The lowest BCUT2D eigenvalue weighted by atomic mass is 9.86. The molecule has 12 heavy (non-hydrogen) atoms. The molecule has 0 spiro atoms. The van der Waals surface area contributed by atoms with Crippen LogP contribution in [0.2, 0.25) is 0 Å². The lowest BCUT2D eigenvalue weighted by Gasteiger charge is -2.20. The van der Waals surface area contributed by atoms with Crippen LogP contribution in [0.3, 0.4) is 0 Å². The lowest BCUT2D eigenvalue weighted by Crippen LogP contribution is -2.17. The fourth-order valence-electron chi connectivity index (χ4n) is 1.57. The van der Waals surface area contributed by atoms with Gasteiger partial charge in [0.05, 0.1) is 0 Å². The molecule has 1 atom stereocenters. The van der Waals surface area contributed by atoms with Crippen molar-refractivity contribution in [3.63, 3.8) is 0 Å². The minimum Gasteiger partial charge on any atom is -0.383 e. The van der Waals surface area contributed by atoms with E-state index in [2.05, 4.69) is 6.92 Å². The molecule has 2 heteroatoms. The highest BCUT2D eigenvalue weighted by Crippen LogP contribution is 2.25. The highest BCUT2D eigenvalue weighted by molar-refractivity contribution is 5.95. The fourth-order valence-corrected chi connectivity index (χ4v) is 1.57. The van der Waals surface area contributed by atoms with Gasteiger partial charge < -0.3 is 4.90 Å². The second-order valence-corrected chi connectivity index (χ2v) is 3.89. The normalized spacial score (nSPS) is 27.8. The largest absolute Gasteiger partial charge is 0.383 e. The van der Waals surface area contributed by atoms with E-state index in [0.29, 0.717) is 11.7 Å². The van der Waals surface area contributed by atoms with Crippen molar-refractivity contribution in [2.24, 2.45) is 5.92 Å². The maximum atomic E-state index is 11.4. The minimum absolute atomic E-state index is 0.335. The molecule has 1 aliphatic carbocycles. The highest BCUT2D eigenvalue weighted by Gasteiger charge is 2.20. The van der Waals surface area contributed by atoms with Crippen LogP contribution in [-0.4, -0.2) is 24.8 Å². The van der Waals surface area contributed by atoms with Crippen LogP contribution in [0.25, 0.3) is 0 Å². The fraction of sp³-hybridized carbons (Fsp3) is 0.700. The van der Waals surface area contributed by atoms with Gasteiger partial charge in [0.1, 0.15) is 0 Å². The van der Waals surface area contributed by atoms with E-state index in [0.717, 1.165) is 24.8 Å². The van der Waals surface area contributed by atoms with Crippen molar-refractivity contribution in [3.8, 4) is 0 Å². The molecule has 0 aromatic carbocycles. The van der Waals surface area contributed by atoms with E-state index in [1.54, 1.807) is 0 Å². The number of hydrogen-bond acceptors (Lipinski definition) is 2. The second kappa shape index (κ2) is 3.74. The Morgan fingerprint density at radius 2 is 2.17 bits per heavy atom. The van der Waals surface area contributed by atoms with Gasteiger partial charge in [-0.05, 0) is 18.8 Å². The Morgan fingerprint density at radius 1 is 1.50 bits per heavy atom. The molecule has 0 heterocycles. The molecule has 68 valence electrons. The van der Waals surface area contributed by atoms with Crippen LogP contribution in [0.1, 0.15) is 26.2 Å². The SMILES string of the molecule is C[C@@H]1CCC(=O)/C(=C/N(C)C)C1. The quantitative estimate of drug-likeness (QED) is 0.555. The first-order valence-electron chi connectivity index (χ1n) is 4.50. The monoisotopic (exact) mass is 167 g/mol. The number of carbonyl (C=O) groups excluding carboxylic acids is 1. The molecule has 2 nitrogen and oxygen atoms in total. The van der Waals surface area contributed by atoms with Crippen LogP contribution >= 0.6 is 0 Å². The van der Waals surface area contributed by atoms with E-state index in [1.165, 1.54) is 0 Å². The average molecular weight is 167 g/mol. The van der Waals surface area contributed by atoms with Crippen LogP contribution in [0, 0.1) is 5.92 Å². The van der Waals surface area contributed by atoms with E-state index in [-0.39, 0.29) is 0 Å². The van der Waals surface area contributed by atoms with Gasteiger partial charge in [0, 0.05) is 32.3 Å². The summed E-state index contributed by atoms with van der Waals surface area (Å²) in [4.78, 5) is 13.3. The van der Waals surface area contributed by atoms with Gasteiger partial charge in [0.15, 0.2) is 5.78 Å². The van der Waals surface area contributed by atoms with Crippen molar-refractivity contribution < 1.29 is 4.79 Å². The predicted octanol–water partition coefficient (Wildman–Crippen LogP) is 1.82. The molecule has 0 saturated heterocycles. The Morgan fingerprint density at radius 3 is 2.75 bits per heavy atom. The Bertz CT molecular complexity index is 206. The van der Waals surface area contributed by atoms with E-state index in [4.69, 9.17) is 0 Å². The predicted molar refractivity (Wildman–Crippen MR) is 49.8 cm³/mol. The number of allylic oxidation sites excluding steroid dienone is 1. The van der Waals surface area contributed by atoms with Crippen molar-refractivity contribution in [3.05, 3.63) is 11.8 Å². The van der Waals surface area contributed by atoms with E-state index < -0.39 is 0 Å². The third kappa shape index (κ3) is 2.36. The number of ketones is 1. The summed E-state index contributed by atoms with van der Waals surface area (Å²) < 4.78 is 0. The average Bonchev–Trinajstić information content (AvgIpc) is 1.96. The van der Waals surface area contributed by atoms with Gasteiger partial charge in [-0.1, -0.05) is 6.92 Å². The van der Waals surface area contributed by atoms with Crippen LogP contribution in [0.5, 0.6) is 0 Å². The summed E-state index contributed by atoms with van der Waals surface area (Å²) in [5.41, 5.74) is 0.999. The summed E-state index contributed by atoms with van der Waals surface area (Å²) in [6, 6.07) is 0. The summed E-state index contributed by atoms with van der Waals surface area (Å²) in [5.74, 6) is 1.01. The van der Waals surface area contributed by atoms with Crippen molar-refractivity contribution in [2.75, 3.05) is 14.1 Å². The topological polar surface area (TPSA) is 20.3 Å². The zero-order valence-corrected chi connectivity index (χ0v) is 8.13. The first-order chi connectivity index (χ1) is 5.59. The van der Waals surface area contributed by atoms with E-state index in [1.807, 2.05) is 25.2 Å². The summed E-state index contributed by atoms with van der Waals surface area (Å²) in [7, 11) is 3.92. The zero-order valence-electron chi connectivity index (χ0n) is 8.13. The lowest BCUT2D eigenvalue weighted by molar-refractivity contribution is -0.117. The van der Waals surface area contributed by atoms with Crippen LogP contribution < -0.4 is 0 Å². The van der Waals surface area contributed by atoms with Gasteiger partial charge in [-0.25, -0.2) is 0 Å². The standard InChI is InChI=1S/C10H17NO/c1-8-4-5-10(12)9(6-8)7-11(2)3/h7-8H,4-6H2,1-3H3/b9-7+/t8-/m1/s1. The molecule has 0 aromatic heterocycles. The van der Waals surface area contributed by atoms with E-state index in [9.17, 15) is 4.79 Å². The van der Waals surface area contributed by atoms with Gasteiger partial charge in [0.25, 0.3) is 0 Å². The molecule has 0 radical (unpaired) electrons. The van der Waals surface area contributed by atoms with Crippen LogP contribution in [0.15, 0.2) is 11.8 Å². The Kier molecular flexibility index (Phi) is 2.90. The molecule has 1 saturated carbocycles. The van der Waals surface area contributed by atoms with Crippen molar-refractivity contribution in [1.29, 1.82) is 0 Å². The van der Waals surface area contributed by atoms with Gasteiger partial charge in [-0.15, -0.1) is 0 Å². The summed E-state index contributed by atoms with van der Waals surface area (Å²) in [6.07, 6.45) is 4.71. The molecule has 1 aliphatic rings. The zero-order chi connectivity index (χ0) is 9.14. The molecule has 0 N–H and O–H groups in total. The third-order valence-electron chi connectivity index (χ3n) is 2.20. The number of nitrogens with zero attached hydrogens (tertiary/aromatic N) is 1. The first kappa shape index (κ1) is 9.30. The molecular formula is C10H17NO. The Hall–Kier alpha value is -0.790. The molecule has 0 amide bonds. The highest BCUT2D eigenvalue weighted by atomic mass is 16.1. The molecular weight excluding hydrogens is 150 g/mol. The summed E-state index contributed by atoms with van der Waals surface area (Å²) >= 11 is 0. The molecule has 1 rings (SSSR count). The number of carbonyl (C=O) groups is 1. The van der Waals surface area contributed by atoms with Gasteiger partial charge in [-0.3, -0.25) is 4.79 Å². The molecule has 0 aliphatic heterocycles. The van der Waals surface area contributed by atoms with Crippen molar-refractivity contribution in [1.82, 2.24) is 4.90 Å². The molecule has 1 fully saturated rings. The second-order valence-electron chi connectivity index (χ2n) is 3.89. The van der Waals surface area contributed by atoms with Crippen molar-refractivity contribution in [2.45, 2.75) is 26.2 Å². The Balaban J connectivity index is 2.67. The van der Waals surface area contributed by atoms with Crippen LogP contribution in [0.4, 0.5) is 0 Å². The van der Waals surface area contributed by atoms with Gasteiger partial charge >= 0.3 is 0 Å². The molecule has 0 unspecified atom stereocenters. The number of Topliss-reactive ketones (excluding diaryl/α,β-unsaturated/α-hetero) is 1. The molecule has 0 aromatic rings. The maximum absolute atomic E-state index is 11.4. The smallest absolute Gasteiger partial charge is 0.160 e. The Labute approximate surface area is 74.2 Å². The van der Waals surface area contributed by atoms with E-state index >= 15 is 0 Å². The minimum atomic E-state index is 0.335. The summed E-state index contributed by atoms with van der Waals surface area (Å²) in [6.45, 7) is 2.20.